The summed E-state index contributed by atoms with van der Waals surface area (Å²) in [5.74, 6) is -0.388. The van der Waals surface area contributed by atoms with E-state index in [2.05, 4.69) is 5.43 Å². The van der Waals surface area contributed by atoms with Crippen molar-refractivity contribution in [2.24, 2.45) is 11.7 Å². The van der Waals surface area contributed by atoms with Crippen molar-refractivity contribution in [1.82, 2.24) is 10.4 Å². The second-order valence-corrected chi connectivity index (χ2v) is 2.93. The number of nitrogens with one attached hydrogen (secondary N) is 1. The molecule has 6 nitrogen and oxygen atoms in total. The van der Waals surface area contributed by atoms with Gasteiger partial charge in [-0.1, -0.05) is 0 Å². The third kappa shape index (κ3) is 2.59. The van der Waals surface area contributed by atoms with Gasteiger partial charge in [-0.25, -0.2) is 9.80 Å². The molecule has 0 saturated carbocycles. The first-order valence-electron chi connectivity index (χ1n) is 4.02. The van der Waals surface area contributed by atoms with Crippen LogP contribution in [0.2, 0.25) is 0 Å². The van der Waals surface area contributed by atoms with Crippen molar-refractivity contribution in [2.75, 3.05) is 20.3 Å². The quantitative estimate of drug-likeness (QED) is 0.520. The molecule has 74 valence electrons. The Morgan fingerprint density at radius 3 is 2.77 bits per heavy atom. The molecule has 1 saturated heterocycles. The molecule has 13 heavy (non-hydrogen) atoms. The highest BCUT2D eigenvalue weighted by Crippen LogP contribution is 2.11. The number of carbonyl (C=O) groups is 2. The van der Waals surface area contributed by atoms with E-state index in [0.717, 1.165) is 5.01 Å². The lowest BCUT2D eigenvalue weighted by Gasteiger charge is -2.17. The molecule has 0 aliphatic carbocycles. The average Bonchev–Trinajstić information content (AvgIpc) is 2.55. The van der Waals surface area contributed by atoms with E-state index < -0.39 is 6.03 Å². The fraction of sp³-hybridized carbons (Fsp3) is 0.714. The molecule has 1 unspecified atom stereocenters. The standard InChI is InChI=1S/C7H13N3O3/c1-10(7(8)12)9-6(11)5-2-3-13-4-5/h5H,2-4H2,1H3,(H2,8,12)(H,9,11). The van der Waals surface area contributed by atoms with E-state index in [-0.39, 0.29) is 11.8 Å². The van der Waals surface area contributed by atoms with E-state index >= 15 is 0 Å². The second kappa shape index (κ2) is 4.08. The molecule has 1 fully saturated rings. The molecule has 0 radical (unpaired) electrons. The molecule has 0 bridgehead atoms. The molecule has 3 N–H and O–H groups in total. The van der Waals surface area contributed by atoms with Crippen LogP contribution in [-0.2, 0) is 9.53 Å². The third-order valence-electron chi connectivity index (χ3n) is 1.91. The Morgan fingerprint density at radius 1 is 1.62 bits per heavy atom. The number of nitrogens with zero attached hydrogens (tertiary/aromatic N) is 1. The van der Waals surface area contributed by atoms with Crippen molar-refractivity contribution < 1.29 is 14.3 Å². The number of hydrazine groups is 1. The maximum atomic E-state index is 11.3. The van der Waals surface area contributed by atoms with Crippen molar-refractivity contribution in [3.8, 4) is 0 Å². The van der Waals surface area contributed by atoms with Crippen LogP contribution in [0.15, 0.2) is 0 Å². The van der Waals surface area contributed by atoms with Gasteiger partial charge in [0.15, 0.2) is 0 Å². The monoisotopic (exact) mass is 187 g/mol. The van der Waals surface area contributed by atoms with Crippen LogP contribution in [0.3, 0.4) is 0 Å². The Kier molecular flexibility index (Phi) is 3.07. The van der Waals surface area contributed by atoms with Gasteiger partial charge >= 0.3 is 6.03 Å². The van der Waals surface area contributed by atoms with Gasteiger partial charge in [-0.15, -0.1) is 0 Å². The van der Waals surface area contributed by atoms with E-state index in [1.165, 1.54) is 7.05 Å². The van der Waals surface area contributed by atoms with E-state index in [9.17, 15) is 9.59 Å². The van der Waals surface area contributed by atoms with Gasteiger partial charge in [0.2, 0.25) is 5.91 Å². The van der Waals surface area contributed by atoms with Crippen molar-refractivity contribution in [2.45, 2.75) is 6.42 Å². The fourth-order valence-corrected chi connectivity index (χ4v) is 1.05. The Labute approximate surface area is 76.0 Å². The van der Waals surface area contributed by atoms with Crippen molar-refractivity contribution in [3.05, 3.63) is 0 Å². The number of hydrogen-bond donors (Lipinski definition) is 2. The maximum Gasteiger partial charge on any atom is 0.333 e. The Morgan fingerprint density at radius 2 is 2.31 bits per heavy atom. The summed E-state index contributed by atoms with van der Waals surface area (Å²) in [7, 11) is 1.40. The SMILES string of the molecule is CN(NC(=O)C1CCOC1)C(N)=O. The van der Waals surface area contributed by atoms with Crippen LogP contribution in [-0.4, -0.2) is 37.2 Å². The summed E-state index contributed by atoms with van der Waals surface area (Å²) >= 11 is 0. The zero-order chi connectivity index (χ0) is 9.84. The van der Waals surface area contributed by atoms with E-state index in [0.29, 0.717) is 19.6 Å². The molecular weight excluding hydrogens is 174 g/mol. The molecule has 0 aromatic rings. The van der Waals surface area contributed by atoms with Gasteiger partial charge in [-0.2, -0.15) is 0 Å². The highest BCUT2D eigenvalue weighted by atomic mass is 16.5. The van der Waals surface area contributed by atoms with Crippen LogP contribution in [0.5, 0.6) is 0 Å². The summed E-state index contributed by atoms with van der Waals surface area (Å²) in [5, 5.41) is 0.959. The predicted molar refractivity (Wildman–Crippen MR) is 44.4 cm³/mol. The van der Waals surface area contributed by atoms with Crippen molar-refractivity contribution in [3.63, 3.8) is 0 Å². The minimum atomic E-state index is -0.688. The number of rotatable bonds is 1. The van der Waals surface area contributed by atoms with Crippen LogP contribution in [0.4, 0.5) is 4.79 Å². The van der Waals surface area contributed by atoms with Crippen LogP contribution >= 0.6 is 0 Å². The Balaban J connectivity index is 2.35. The molecule has 1 rings (SSSR count). The first-order valence-corrected chi connectivity index (χ1v) is 4.02. The van der Waals surface area contributed by atoms with Crippen LogP contribution in [0.25, 0.3) is 0 Å². The first-order chi connectivity index (χ1) is 6.11. The molecule has 0 aromatic carbocycles. The van der Waals surface area contributed by atoms with Gasteiger partial charge in [-0.05, 0) is 6.42 Å². The van der Waals surface area contributed by atoms with E-state index in [1.54, 1.807) is 0 Å². The number of ether oxygens (including phenoxy) is 1. The topological polar surface area (TPSA) is 84.7 Å². The summed E-state index contributed by atoms with van der Waals surface area (Å²) < 4.78 is 5.02. The van der Waals surface area contributed by atoms with Gasteiger partial charge in [0.25, 0.3) is 0 Å². The molecular formula is C7H13N3O3. The van der Waals surface area contributed by atoms with Crippen LogP contribution < -0.4 is 11.2 Å². The zero-order valence-electron chi connectivity index (χ0n) is 7.45. The molecule has 0 aromatic heterocycles. The van der Waals surface area contributed by atoms with Crippen molar-refractivity contribution >= 4 is 11.9 Å². The second-order valence-electron chi connectivity index (χ2n) is 2.93. The summed E-state index contributed by atoms with van der Waals surface area (Å²) in [6.45, 7) is 1.01. The Hall–Kier alpha value is -1.30. The lowest BCUT2D eigenvalue weighted by atomic mass is 10.1. The summed E-state index contributed by atoms with van der Waals surface area (Å²) in [4.78, 5) is 21.9. The number of carbonyl (C=O) groups excluding carboxylic acids is 2. The largest absolute Gasteiger partial charge is 0.381 e. The van der Waals surface area contributed by atoms with E-state index in [4.69, 9.17) is 10.5 Å². The number of amides is 3. The van der Waals surface area contributed by atoms with Gasteiger partial charge in [0.05, 0.1) is 12.5 Å². The zero-order valence-corrected chi connectivity index (χ0v) is 7.45. The average molecular weight is 187 g/mol. The summed E-state index contributed by atoms with van der Waals surface area (Å²) in [6.07, 6.45) is 0.693. The molecule has 1 heterocycles. The highest BCUT2D eigenvalue weighted by molar-refractivity contribution is 5.82. The highest BCUT2D eigenvalue weighted by Gasteiger charge is 2.24. The predicted octanol–water partition coefficient (Wildman–Crippen LogP) is -0.935. The molecule has 6 heteroatoms. The van der Waals surface area contributed by atoms with E-state index in [1.807, 2.05) is 0 Å². The number of primary amides is 1. The fourth-order valence-electron chi connectivity index (χ4n) is 1.05. The molecule has 1 atom stereocenters. The third-order valence-corrected chi connectivity index (χ3v) is 1.91. The molecule has 3 amide bonds. The first kappa shape index (κ1) is 9.79. The summed E-state index contributed by atoms with van der Waals surface area (Å²) in [5.41, 5.74) is 7.29. The smallest absolute Gasteiger partial charge is 0.333 e. The number of urea groups is 1. The maximum absolute atomic E-state index is 11.3. The van der Waals surface area contributed by atoms with Gasteiger partial charge in [-0.3, -0.25) is 10.2 Å². The minimum Gasteiger partial charge on any atom is -0.381 e. The number of hydrogen-bond acceptors (Lipinski definition) is 3. The normalized spacial score (nSPS) is 21.2. The molecule has 1 aliphatic rings. The molecule has 1 aliphatic heterocycles. The van der Waals surface area contributed by atoms with Gasteiger partial charge in [0, 0.05) is 13.7 Å². The Bertz CT molecular complexity index is 213. The van der Waals surface area contributed by atoms with Gasteiger partial charge < -0.3 is 10.5 Å². The summed E-state index contributed by atoms with van der Waals surface area (Å²) in [6, 6.07) is -0.688. The lowest BCUT2D eigenvalue weighted by molar-refractivity contribution is -0.128. The van der Waals surface area contributed by atoms with Gasteiger partial charge in [0.1, 0.15) is 0 Å². The van der Waals surface area contributed by atoms with Crippen LogP contribution in [0.1, 0.15) is 6.42 Å². The minimum absolute atomic E-state index is 0.165. The lowest BCUT2D eigenvalue weighted by Crippen LogP contribution is -2.48. The molecule has 0 spiro atoms. The number of nitrogens with two attached hydrogens (primary N) is 1. The van der Waals surface area contributed by atoms with Crippen molar-refractivity contribution in [1.29, 1.82) is 0 Å². The van der Waals surface area contributed by atoms with Crippen LogP contribution in [0, 0.1) is 5.92 Å².